The van der Waals surface area contributed by atoms with Crippen LogP contribution in [0, 0.1) is 0 Å². The van der Waals surface area contributed by atoms with Crippen molar-refractivity contribution in [2.75, 3.05) is 0 Å². The molecule has 0 saturated heterocycles. The number of rotatable bonds is 8. The summed E-state index contributed by atoms with van der Waals surface area (Å²) in [5.74, 6) is 0.658. The molecule has 0 bridgehead atoms. The van der Waals surface area contributed by atoms with E-state index in [1.165, 1.54) is 33.4 Å². The lowest BCUT2D eigenvalue weighted by molar-refractivity contribution is 0.761. The van der Waals surface area contributed by atoms with Gasteiger partial charge < -0.3 is 0 Å². The van der Waals surface area contributed by atoms with E-state index in [-0.39, 0.29) is 0 Å². The van der Waals surface area contributed by atoms with Crippen LogP contribution in [0.5, 0.6) is 0 Å². The van der Waals surface area contributed by atoms with E-state index in [4.69, 9.17) is 0 Å². The Labute approximate surface area is 203 Å². The van der Waals surface area contributed by atoms with Crippen LogP contribution in [0.15, 0.2) is 146 Å². The Balaban J connectivity index is 1.51. The van der Waals surface area contributed by atoms with Crippen LogP contribution in [0.3, 0.4) is 0 Å². The van der Waals surface area contributed by atoms with Crippen molar-refractivity contribution in [3.8, 4) is 0 Å². The molecule has 0 heterocycles. The van der Waals surface area contributed by atoms with Gasteiger partial charge in [-0.2, -0.15) is 0 Å². The third kappa shape index (κ3) is 5.18. The molecule has 5 aromatic carbocycles. The van der Waals surface area contributed by atoms with E-state index in [1.807, 2.05) is 0 Å². The molecule has 0 heteroatoms. The predicted octanol–water partition coefficient (Wildman–Crippen LogP) is 8.44. The van der Waals surface area contributed by atoms with Crippen molar-refractivity contribution in [3.63, 3.8) is 0 Å². The van der Waals surface area contributed by atoms with Crippen LogP contribution in [0.1, 0.15) is 45.2 Å². The molecule has 0 nitrogen and oxygen atoms in total. The van der Waals surface area contributed by atoms with Gasteiger partial charge in [-0.1, -0.05) is 146 Å². The van der Waals surface area contributed by atoms with E-state index < -0.39 is 0 Å². The van der Waals surface area contributed by atoms with Gasteiger partial charge in [0.15, 0.2) is 0 Å². The lowest BCUT2D eigenvalue weighted by atomic mass is 9.81. The summed E-state index contributed by atoms with van der Waals surface area (Å²) in [6.45, 7) is 0. The normalized spacial score (nSPS) is 11.1. The Bertz CT molecular complexity index is 1090. The first kappa shape index (κ1) is 21.9. The molecule has 5 aromatic rings. The van der Waals surface area contributed by atoms with Gasteiger partial charge in [0, 0.05) is 11.8 Å². The van der Waals surface area contributed by atoms with Gasteiger partial charge in [-0.15, -0.1) is 0 Å². The molecule has 166 valence electrons. The van der Waals surface area contributed by atoms with Crippen molar-refractivity contribution in [2.24, 2.45) is 0 Å². The summed E-state index contributed by atoms with van der Waals surface area (Å²) < 4.78 is 0. The maximum absolute atomic E-state index is 2.32. The minimum absolute atomic E-state index is 0.329. The zero-order valence-corrected chi connectivity index (χ0v) is 19.4. The van der Waals surface area contributed by atoms with Gasteiger partial charge in [0.05, 0.1) is 0 Å². The molecule has 0 fully saturated rings. The van der Waals surface area contributed by atoms with Crippen LogP contribution in [-0.4, -0.2) is 0 Å². The minimum Gasteiger partial charge on any atom is -0.0622 e. The molecule has 0 aliphatic rings. The average Bonchev–Trinajstić information content (AvgIpc) is 2.93. The van der Waals surface area contributed by atoms with Gasteiger partial charge in [-0.3, -0.25) is 0 Å². The molecular weight excluding hydrogens is 408 g/mol. The van der Waals surface area contributed by atoms with Gasteiger partial charge in [0.2, 0.25) is 0 Å². The van der Waals surface area contributed by atoms with Crippen molar-refractivity contribution in [2.45, 2.75) is 24.7 Å². The second kappa shape index (κ2) is 10.8. The summed E-state index contributed by atoms with van der Waals surface area (Å²) in [6.07, 6.45) is 1.97. The fourth-order valence-corrected chi connectivity index (χ4v) is 4.99. The molecule has 0 aromatic heterocycles. The molecule has 0 aliphatic heterocycles. The van der Waals surface area contributed by atoms with Crippen molar-refractivity contribution < 1.29 is 0 Å². The zero-order valence-electron chi connectivity index (χ0n) is 19.4. The molecule has 0 atom stereocenters. The molecular formula is C34H30. The molecule has 0 saturated carbocycles. The summed E-state index contributed by atoms with van der Waals surface area (Å²) in [4.78, 5) is 0. The average molecular weight is 439 g/mol. The SMILES string of the molecule is c1ccc(C(Cc2ccccc2CC(c2ccccc2)c2ccccc2)c2ccccc2)cc1. The van der Waals surface area contributed by atoms with Crippen molar-refractivity contribution >= 4 is 0 Å². The Morgan fingerprint density at radius 3 is 0.794 bits per heavy atom. The van der Waals surface area contributed by atoms with Crippen LogP contribution >= 0.6 is 0 Å². The molecule has 34 heavy (non-hydrogen) atoms. The second-order valence-electron chi connectivity index (χ2n) is 8.92. The minimum atomic E-state index is 0.329. The lowest BCUT2D eigenvalue weighted by Crippen LogP contribution is -2.10. The molecule has 0 amide bonds. The third-order valence-electron chi connectivity index (χ3n) is 6.77. The third-order valence-corrected chi connectivity index (χ3v) is 6.77. The van der Waals surface area contributed by atoms with E-state index in [2.05, 4.69) is 146 Å². The van der Waals surface area contributed by atoms with Crippen molar-refractivity contribution in [1.82, 2.24) is 0 Å². The maximum Gasteiger partial charge on any atom is 0.0130 e. The van der Waals surface area contributed by atoms with Crippen LogP contribution in [-0.2, 0) is 12.8 Å². The van der Waals surface area contributed by atoms with Crippen LogP contribution in [0.25, 0.3) is 0 Å². The van der Waals surface area contributed by atoms with E-state index >= 15 is 0 Å². The van der Waals surface area contributed by atoms with Crippen LogP contribution < -0.4 is 0 Å². The summed E-state index contributed by atoms with van der Waals surface area (Å²) in [7, 11) is 0. The van der Waals surface area contributed by atoms with E-state index in [1.54, 1.807) is 0 Å². The summed E-state index contributed by atoms with van der Waals surface area (Å²) in [5.41, 5.74) is 8.32. The molecule has 0 aliphatic carbocycles. The topological polar surface area (TPSA) is 0 Å². The van der Waals surface area contributed by atoms with Crippen molar-refractivity contribution in [3.05, 3.63) is 179 Å². The summed E-state index contributed by atoms with van der Waals surface area (Å²) in [6, 6.07) is 52.7. The largest absolute Gasteiger partial charge is 0.0622 e. The number of hydrogen-bond donors (Lipinski definition) is 0. The Morgan fingerprint density at radius 1 is 0.294 bits per heavy atom. The smallest absolute Gasteiger partial charge is 0.0130 e. The Kier molecular flexibility index (Phi) is 6.97. The lowest BCUT2D eigenvalue weighted by Gasteiger charge is -2.23. The molecule has 0 N–H and O–H groups in total. The first-order valence-electron chi connectivity index (χ1n) is 12.1. The van der Waals surface area contributed by atoms with E-state index in [0.717, 1.165) is 12.8 Å². The quantitative estimate of drug-likeness (QED) is 0.228. The van der Waals surface area contributed by atoms with Gasteiger partial charge in [0.25, 0.3) is 0 Å². The highest BCUT2D eigenvalue weighted by molar-refractivity contribution is 5.40. The van der Waals surface area contributed by atoms with Crippen molar-refractivity contribution in [1.29, 1.82) is 0 Å². The number of hydrogen-bond acceptors (Lipinski definition) is 0. The van der Waals surface area contributed by atoms with Gasteiger partial charge in [-0.25, -0.2) is 0 Å². The zero-order chi connectivity index (χ0) is 23.0. The van der Waals surface area contributed by atoms with Gasteiger partial charge in [-0.05, 0) is 46.2 Å². The second-order valence-corrected chi connectivity index (χ2v) is 8.92. The fourth-order valence-electron chi connectivity index (χ4n) is 4.99. The van der Waals surface area contributed by atoms with Crippen LogP contribution in [0.2, 0.25) is 0 Å². The van der Waals surface area contributed by atoms with Gasteiger partial charge >= 0.3 is 0 Å². The predicted molar refractivity (Wildman–Crippen MR) is 143 cm³/mol. The summed E-state index contributed by atoms with van der Waals surface area (Å²) >= 11 is 0. The van der Waals surface area contributed by atoms with Gasteiger partial charge in [0.1, 0.15) is 0 Å². The monoisotopic (exact) mass is 438 g/mol. The molecule has 0 unspecified atom stereocenters. The highest BCUT2D eigenvalue weighted by atomic mass is 14.2. The van der Waals surface area contributed by atoms with E-state index in [9.17, 15) is 0 Å². The van der Waals surface area contributed by atoms with E-state index in [0.29, 0.717) is 11.8 Å². The fraction of sp³-hybridized carbons (Fsp3) is 0.118. The first-order valence-corrected chi connectivity index (χ1v) is 12.1. The molecule has 5 rings (SSSR count). The molecule has 0 radical (unpaired) electrons. The highest BCUT2D eigenvalue weighted by Crippen LogP contribution is 2.33. The first-order chi connectivity index (χ1) is 16.9. The maximum atomic E-state index is 2.32. The molecule has 0 spiro atoms. The Hall–Kier alpha value is -3.90. The number of benzene rings is 5. The van der Waals surface area contributed by atoms with Crippen LogP contribution in [0.4, 0.5) is 0 Å². The summed E-state index contributed by atoms with van der Waals surface area (Å²) in [5, 5.41) is 0. The highest BCUT2D eigenvalue weighted by Gasteiger charge is 2.20. The standard InChI is InChI=1S/C34H30/c1-5-15-27(16-6-1)33(28-17-7-2-8-18-28)25-31-23-13-14-24-32(31)26-34(29-19-9-3-10-20-29)30-21-11-4-12-22-30/h1-24,33-34H,25-26H2. The Morgan fingerprint density at radius 2 is 0.529 bits per heavy atom.